The minimum absolute atomic E-state index is 0.221. The third-order valence-corrected chi connectivity index (χ3v) is 2.63. The predicted molar refractivity (Wildman–Crippen MR) is 75.0 cm³/mol. The summed E-state index contributed by atoms with van der Waals surface area (Å²) in [5.41, 5.74) is 0.900. The largest absolute Gasteiger partial charge is 0.468 e. The first-order valence-corrected chi connectivity index (χ1v) is 6.62. The van der Waals surface area contributed by atoms with Gasteiger partial charge in [0.05, 0.1) is 6.61 Å². The van der Waals surface area contributed by atoms with Crippen molar-refractivity contribution in [3.63, 3.8) is 0 Å². The van der Waals surface area contributed by atoms with Gasteiger partial charge in [0.1, 0.15) is 5.76 Å². The van der Waals surface area contributed by atoms with E-state index >= 15 is 0 Å². The van der Waals surface area contributed by atoms with Gasteiger partial charge in [-0.1, -0.05) is 6.08 Å². The van der Waals surface area contributed by atoms with Crippen LogP contribution in [-0.2, 0) is 23.7 Å². The first-order valence-electron chi connectivity index (χ1n) is 6.62. The summed E-state index contributed by atoms with van der Waals surface area (Å²) in [5.74, 6) is 0.439. The zero-order valence-corrected chi connectivity index (χ0v) is 12.1. The van der Waals surface area contributed by atoms with Crippen molar-refractivity contribution in [1.82, 2.24) is 0 Å². The number of carbonyl (C=O) groups excluding carboxylic acids is 1. The minimum Gasteiger partial charge on any atom is -0.468 e. The maximum Gasteiger partial charge on any atom is 0.331 e. The lowest BCUT2D eigenvalue weighted by atomic mass is 10.1. The normalized spacial score (nSPS) is 16.1. The highest BCUT2D eigenvalue weighted by atomic mass is 16.7. The molecule has 20 heavy (non-hydrogen) atoms. The number of carbonyl (C=O) groups is 1. The zero-order chi connectivity index (χ0) is 14.6. The van der Waals surface area contributed by atoms with E-state index in [2.05, 4.69) is 0 Å². The number of allylic oxidation sites excluding steroid dienone is 4. The molecule has 0 heterocycles. The van der Waals surface area contributed by atoms with Gasteiger partial charge in [0.2, 0.25) is 0 Å². The van der Waals surface area contributed by atoms with E-state index in [-0.39, 0.29) is 12.8 Å². The van der Waals surface area contributed by atoms with E-state index in [1.54, 1.807) is 20.3 Å². The quantitative estimate of drug-likeness (QED) is 0.281. The van der Waals surface area contributed by atoms with E-state index in [0.29, 0.717) is 19.6 Å². The summed E-state index contributed by atoms with van der Waals surface area (Å²) in [6.07, 6.45) is 9.41. The molecular formula is C15H22O5. The smallest absolute Gasteiger partial charge is 0.331 e. The molecule has 1 aliphatic rings. The third-order valence-electron chi connectivity index (χ3n) is 2.63. The van der Waals surface area contributed by atoms with Crippen LogP contribution in [0.4, 0.5) is 0 Å². The fourth-order valence-electron chi connectivity index (χ4n) is 1.60. The Kier molecular flexibility index (Phi) is 8.42. The van der Waals surface area contributed by atoms with Gasteiger partial charge in [-0.05, 0) is 37.0 Å². The molecule has 0 aliphatic heterocycles. The van der Waals surface area contributed by atoms with Crippen LogP contribution in [0.25, 0.3) is 0 Å². The Hall–Kier alpha value is -1.59. The van der Waals surface area contributed by atoms with Crippen molar-refractivity contribution in [2.75, 3.05) is 34.2 Å². The van der Waals surface area contributed by atoms with Crippen molar-refractivity contribution < 1.29 is 23.7 Å². The standard InChI is InChI=1S/C15H22O5/c1-17-9-3-4-10-19-15(16)11-13-5-7-14(8-6-13)20-12-18-2/h5,7-8,11H,3-4,6,9-10,12H2,1-2H3. The SMILES string of the molecule is COCCCCOC(=O)C=C1C=CC(OCOC)=CC1. The van der Waals surface area contributed by atoms with Crippen molar-refractivity contribution in [2.24, 2.45) is 0 Å². The summed E-state index contributed by atoms with van der Waals surface area (Å²) in [7, 11) is 3.23. The predicted octanol–water partition coefficient (Wildman–Crippen LogP) is 2.35. The van der Waals surface area contributed by atoms with E-state index < -0.39 is 0 Å². The van der Waals surface area contributed by atoms with Gasteiger partial charge in [-0.15, -0.1) is 0 Å². The van der Waals surface area contributed by atoms with Crippen LogP contribution in [0.15, 0.2) is 35.6 Å². The summed E-state index contributed by atoms with van der Waals surface area (Å²) >= 11 is 0. The maximum absolute atomic E-state index is 11.6. The van der Waals surface area contributed by atoms with Crippen molar-refractivity contribution >= 4 is 5.97 Å². The van der Waals surface area contributed by atoms with Crippen molar-refractivity contribution in [3.8, 4) is 0 Å². The van der Waals surface area contributed by atoms with Crippen LogP contribution in [0.1, 0.15) is 19.3 Å². The van der Waals surface area contributed by atoms with Gasteiger partial charge in [0.25, 0.3) is 0 Å². The Morgan fingerprint density at radius 3 is 2.65 bits per heavy atom. The van der Waals surface area contributed by atoms with Gasteiger partial charge >= 0.3 is 5.97 Å². The lowest BCUT2D eigenvalue weighted by Gasteiger charge is -2.10. The number of methoxy groups -OCH3 is 2. The molecule has 112 valence electrons. The number of rotatable bonds is 9. The number of hydrogen-bond acceptors (Lipinski definition) is 5. The summed E-state index contributed by atoms with van der Waals surface area (Å²) in [6, 6.07) is 0. The molecule has 0 aromatic rings. The Balaban J connectivity index is 2.24. The average Bonchev–Trinajstić information content (AvgIpc) is 2.46. The first kappa shape index (κ1) is 16.5. The molecule has 0 unspecified atom stereocenters. The van der Waals surface area contributed by atoms with Crippen LogP contribution in [0, 0.1) is 0 Å². The summed E-state index contributed by atoms with van der Waals surface area (Å²) < 4.78 is 20.1. The van der Waals surface area contributed by atoms with Crippen LogP contribution >= 0.6 is 0 Å². The molecule has 5 heteroatoms. The van der Waals surface area contributed by atoms with E-state index in [1.165, 1.54) is 6.08 Å². The highest BCUT2D eigenvalue weighted by molar-refractivity contribution is 5.83. The van der Waals surface area contributed by atoms with Crippen LogP contribution in [0.2, 0.25) is 0 Å². The maximum atomic E-state index is 11.6. The number of ether oxygens (including phenoxy) is 4. The summed E-state index contributed by atoms with van der Waals surface area (Å²) in [4.78, 5) is 11.6. The van der Waals surface area contributed by atoms with Gasteiger partial charge < -0.3 is 18.9 Å². The molecular weight excluding hydrogens is 260 g/mol. The summed E-state index contributed by atoms with van der Waals surface area (Å²) in [6.45, 7) is 1.34. The van der Waals surface area contributed by atoms with Crippen molar-refractivity contribution in [1.29, 1.82) is 0 Å². The average molecular weight is 282 g/mol. The topological polar surface area (TPSA) is 54.0 Å². The monoisotopic (exact) mass is 282 g/mol. The highest BCUT2D eigenvalue weighted by Gasteiger charge is 2.05. The van der Waals surface area contributed by atoms with E-state index in [0.717, 1.165) is 24.2 Å². The molecule has 0 fully saturated rings. The molecule has 0 aromatic carbocycles. The second-order valence-electron chi connectivity index (χ2n) is 4.28. The second kappa shape index (κ2) is 10.2. The zero-order valence-electron chi connectivity index (χ0n) is 12.1. The first-order chi connectivity index (χ1) is 9.76. The molecule has 0 aromatic heterocycles. The lowest BCUT2D eigenvalue weighted by molar-refractivity contribution is -0.138. The number of esters is 1. The van der Waals surface area contributed by atoms with Crippen LogP contribution in [0.3, 0.4) is 0 Å². The molecule has 0 bridgehead atoms. The molecule has 1 rings (SSSR count). The molecule has 0 atom stereocenters. The van der Waals surface area contributed by atoms with Gasteiger partial charge in [0.15, 0.2) is 6.79 Å². The third kappa shape index (κ3) is 7.11. The molecule has 1 aliphatic carbocycles. The van der Waals surface area contributed by atoms with Gasteiger partial charge in [-0.2, -0.15) is 0 Å². The molecule has 0 spiro atoms. The molecule has 0 radical (unpaired) electrons. The highest BCUT2D eigenvalue weighted by Crippen LogP contribution is 2.16. The van der Waals surface area contributed by atoms with Crippen LogP contribution < -0.4 is 0 Å². The van der Waals surface area contributed by atoms with Gasteiger partial charge in [-0.3, -0.25) is 0 Å². The minimum atomic E-state index is -0.309. The molecule has 0 amide bonds. The van der Waals surface area contributed by atoms with Gasteiger partial charge in [0, 0.05) is 26.9 Å². The Morgan fingerprint density at radius 1 is 1.20 bits per heavy atom. The molecule has 0 N–H and O–H groups in total. The van der Waals surface area contributed by atoms with E-state index in [9.17, 15) is 4.79 Å². The van der Waals surface area contributed by atoms with E-state index in [1.807, 2.05) is 12.2 Å². The van der Waals surface area contributed by atoms with Crippen LogP contribution in [0.5, 0.6) is 0 Å². The van der Waals surface area contributed by atoms with E-state index in [4.69, 9.17) is 18.9 Å². The Bertz CT molecular complexity index is 382. The molecule has 0 saturated carbocycles. The fraction of sp³-hybridized carbons (Fsp3) is 0.533. The fourth-order valence-corrected chi connectivity index (χ4v) is 1.60. The lowest BCUT2D eigenvalue weighted by Crippen LogP contribution is -2.05. The number of hydrogen-bond donors (Lipinski definition) is 0. The molecule has 0 saturated heterocycles. The number of unbranched alkanes of at least 4 members (excludes halogenated alkanes) is 1. The van der Waals surface area contributed by atoms with Crippen molar-refractivity contribution in [3.05, 3.63) is 35.6 Å². The Labute approximate surface area is 119 Å². The van der Waals surface area contributed by atoms with Crippen molar-refractivity contribution in [2.45, 2.75) is 19.3 Å². The Morgan fingerprint density at radius 2 is 2.00 bits per heavy atom. The second-order valence-corrected chi connectivity index (χ2v) is 4.28. The molecule has 5 nitrogen and oxygen atoms in total. The van der Waals surface area contributed by atoms with Gasteiger partial charge in [-0.25, -0.2) is 4.79 Å². The van der Waals surface area contributed by atoms with Crippen LogP contribution in [-0.4, -0.2) is 40.2 Å². The summed E-state index contributed by atoms with van der Waals surface area (Å²) in [5, 5.41) is 0.